The van der Waals surface area contributed by atoms with Gasteiger partial charge in [-0.15, -0.1) is 0 Å². The molecule has 22 heavy (non-hydrogen) atoms. The van der Waals surface area contributed by atoms with Crippen molar-refractivity contribution >= 4 is 39.4 Å². The Morgan fingerprint density at radius 2 is 2.14 bits per heavy atom. The van der Waals surface area contributed by atoms with Crippen LogP contribution in [0.1, 0.15) is 5.56 Å². The average molecular weight is 395 g/mol. The van der Waals surface area contributed by atoms with Crippen molar-refractivity contribution in [2.45, 2.75) is 12.5 Å². The second kappa shape index (κ2) is 9.78. The number of hydrogen-bond acceptors (Lipinski definition) is 4. The Morgan fingerprint density at radius 1 is 1.41 bits per heavy atom. The van der Waals surface area contributed by atoms with Crippen molar-refractivity contribution in [3.8, 4) is 0 Å². The second-order valence-corrected chi connectivity index (χ2v) is 5.73. The van der Waals surface area contributed by atoms with Gasteiger partial charge in [0.15, 0.2) is 0 Å². The largest absolute Gasteiger partial charge is 0.480 e. The number of ether oxygens (including phenoxy) is 2. The molecule has 0 heterocycles. The number of amides is 1. The van der Waals surface area contributed by atoms with Gasteiger partial charge in [-0.2, -0.15) is 0 Å². The van der Waals surface area contributed by atoms with E-state index in [1.807, 2.05) is 0 Å². The smallest absolute Gasteiger partial charge is 0.326 e. The van der Waals surface area contributed by atoms with Gasteiger partial charge >= 0.3 is 5.97 Å². The number of methoxy groups -OCH3 is 1. The summed E-state index contributed by atoms with van der Waals surface area (Å²) in [5.74, 6) is -1.63. The van der Waals surface area contributed by atoms with E-state index in [-0.39, 0.29) is 19.6 Å². The summed E-state index contributed by atoms with van der Waals surface area (Å²) >= 11 is 9.23. The Morgan fingerprint density at radius 3 is 2.77 bits per heavy atom. The fourth-order valence-electron chi connectivity index (χ4n) is 1.66. The van der Waals surface area contributed by atoms with Gasteiger partial charge in [0.2, 0.25) is 5.91 Å². The van der Waals surface area contributed by atoms with Gasteiger partial charge in [0, 0.05) is 23.0 Å². The topological polar surface area (TPSA) is 84.9 Å². The maximum Gasteiger partial charge on any atom is 0.326 e. The van der Waals surface area contributed by atoms with E-state index in [2.05, 4.69) is 21.2 Å². The van der Waals surface area contributed by atoms with Gasteiger partial charge in [0.1, 0.15) is 12.6 Å². The molecule has 1 atom stereocenters. The molecule has 0 aliphatic rings. The summed E-state index contributed by atoms with van der Waals surface area (Å²) in [4.78, 5) is 23.0. The van der Waals surface area contributed by atoms with E-state index in [1.54, 1.807) is 18.2 Å². The highest BCUT2D eigenvalue weighted by molar-refractivity contribution is 9.10. The zero-order valence-electron chi connectivity index (χ0n) is 12.0. The molecule has 122 valence electrons. The molecule has 2 N–H and O–H groups in total. The Bertz CT molecular complexity index is 526. The summed E-state index contributed by atoms with van der Waals surface area (Å²) in [5, 5.41) is 12.1. The monoisotopic (exact) mass is 393 g/mol. The minimum atomic E-state index is -1.13. The summed E-state index contributed by atoms with van der Waals surface area (Å²) < 4.78 is 10.6. The molecule has 0 fully saturated rings. The molecule has 1 aromatic rings. The SMILES string of the molecule is COCCOCC(=O)N[C@H](Cc1cc(Cl)ccc1Br)C(=O)O. The number of rotatable bonds is 9. The maximum absolute atomic E-state index is 11.7. The number of hydrogen-bond donors (Lipinski definition) is 2. The third-order valence-corrected chi connectivity index (χ3v) is 3.74. The van der Waals surface area contributed by atoms with E-state index in [0.29, 0.717) is 17.2 Å². The molecule has 0 spiro atoms. The number of halogens is 2. The van der Waals surface area contributed by atoms with Gasteiger partial charge in [-0.1, -0.05) is 27.5 Å². The molecule has 8 heteroatoms. The van der Waals surface area contributed by atoms with E-state index in [1.165, 1.54) is 7.11 Å². The fourth-order valence-corrected chi connectivity index (χ4v) is 2.27. The van der Waals surface area contributed by atoms with Crippen LogP contribution in [0.5, 0.6) is 0 Å². The summed E-state index contributed by atoms with van der Waals surface area (Å²) in [6, 6.07) is 4.01. The van der Waals surface area contributed by atoms with E-state index in [4.69, 9.17) is 21.1 Å². The molecule has 0 bridgehead atoms. The van der Waals surface area contributed by atoms with Crippen LogP contribution in [-0.2, 0) is 25.5 Å². The Labute approximate surface area is 141 Å². The third-order valence-electron chi connectivity index (χ3n) is 2.73. The molecule has 1 rings (SSSR count). The van der Waals surface area contributed by atoms with Crippen molar-refractivity contribution < 1.29 is 24.2 Å². The average Bonchev–Trinajstić information content (AvgIpc) is 2.46. The summed E-state index contributed by atoms with van der Waals surface area (Å²) in [6.45, 7) is 0.413. The van der Waals surface area contributed by atoms with E-state index in [9.17, 15) is 14.7 Å². The Balaban J connectivity index is 2.60. The van der Waals surface area contributed by atoms with Crippen LogP contribution in [0.3, 0.4) is 0 Å². The van der Waals surface area contributed by atoms with E-state index < -0.39 is 17.9 Å². The van der Waals surface area contributed by atoms with E-state index in [0.717, 1.165) is 4.47 Å². The fraction of sp³-hybridized carbons (Fsp3) is 0.429. The van der Waals surface area contributed by atoms with Crippen molar-refractivity contribution in [2.75, 3.05) is 26.9 Å². The van der Waals surface area contributed by atoms with Gasteiger partial charge < -0.3 is 19.9 Å². The van der Waals surface area contributed by atoms with Crippen LogP contribution in [0.25, 0.3) is 0 Å². The first-order valence-electron chi connectivity index (χ1n) is 6.46. The highest BCUT2D eigenvalue weighted by Crippen LogP contribution is 2.22. The number of benzene rings is 1. The van der Waals surface area contributed by atoms with Crippen LogP contribution in [-0.4, -0.2) is 50.0 Å². The zero-order valence-corrected chi connectivity index (χ0v) is 14.3. The maximum atomic E-state index is 11.7. The Kier molecular flexibility index (Phi) is 8.40. The number of aliphatic carboxylic acids is 1. The van der Waals surface area contributed by atoms with Crippen LogP contribution >= 0.6 is 27.5 Å². The van der Waals surface area contributed by atoms with Gasteiger partial charge in [0.05, 0.1) is 13.2 Å². The third kappa shape index (κ3) is 6.74. The molecule has 6 nitrogen and oxygen atoms in total. The molecule has 0 radical (unpaired) electrons. The minimum absolute atomic E-state index is 0.111. The molecule has 0 aromatic heterocycles. The van der Waals surface area contributed by atoms with Crippen LogP contribution < -0.4 is 5.32 Å². The van der Waals surface area contributed by atoms with Gasteiger partial charge in [-0.25, -0.2) is 4.79 Å². The lowest BCUT2D eigenvalue weighted by atomic mass is 10.1. The van der Waals surface area contributed by atoms with Gasteiger partial charge in [0.25, 0.3) is 0 Å². The summed E-state index contributed by atoms with van der Waals surface area (Å²) in [6.07, 6.45) is 0.111. The number of carbonyl (C=O) groups is 2. The molecular weight excluding hydrogens is 378 g/mol. The van der Waals surface area contributed by atoms with Gasteiger partial charge in [-0.3, -0.25) is 4.79 Å². The quantitative estimate of drug-likeness (QED) is 0.625. The number of carboxylic acids is 1. The highest BCUT2D eigenvalue weighted by atomic mass is 79.9. The lowest BCUT2D eigenvalue weighted by Gasteiger charge is -2.16. The number of carbonyl (C=O) groups excluding carboxylic acids is 1. The van der Waals surface area contributed by atoms with Crippen molar-refractivity contribution in [1.82, 2.24) is 5.32 Å². The highest BCUT2D eigenvalue weighted by Gasteiger charge is 2.21. The summed E-state index contributed by atoms with van der Waals surface area (Å²) in [5.41, 5.74) is 0.695. The van der Waals surface area contributed by atoms with Crippen LogP contribution in [0.15, 0.2) is 22.7 Å². The van der Waals surface area contributed by atoms with Crippen molar-refractivity contribution in [1.29, 1.82) is 0 Å². The predicted octanol–water partition coefficient (Wildman–Crippen LogP) is 1.88. The standard InChI is InChI=1S/C14H17BrClNO5/c1-21-4-5-22-8-13(18)17-12(14(19)20)7-9-6-10(16)2-3-11(9)15/h2-3,6,12H,4-5,7-8H2,1H3,(H,17,18)(H,19,20)/t12-/m1/s1. The Hall–Kier alpha value is -1.15. The first kappa shape index (κ1) is 18.9. The molecule has 0 aliphatic carbocycles. The lowest BCUT2D eigenvalue weighted by molar-refractivity contribution is -0.142. The van der Waals surface area contributed by atoms with Crippen LogP contribution in [0.2, 0.25) is 5.02 Å². The number of carboxylic acid groups (broad SMARTS) is 1. The van der Waals surface area contributed by atoms with Crippen molar-refractivity contribution in [3.63, 3.8) is 0 Å². The first-order valence-corrected chi connectivity index (χ1v) is 7.64. The van der Waals surface area contributed by atoms with Gasteiger partial charge in [-0.05, 0) is 23.8 Å². The minimum Gasteiger partial charge on any atom is -0.480 e. The van der Waals surface area contributed by atoms with Crippen LogP contribution in [0, 0.1) is 0 Å². The van der Waals surface area contributed by atoms with Crippen molar-refractivity contribution in [3.05, 3.63) is 33.3 Å². The molecule has 0 aliphatic heterocycles. The van der Waals surface area contributed by atoms with Crippen LogP contribution in [0.4, 0.5) is 0 Å². The molecule has 1 amide bonds. The van der Waals surface area contributed by atoms with Crippen molar-refractivity contribution in [2.24, 2.45) is 0 Å². The normalized spacial score (nSPS) is 12.0. The summed E-state index contributed by atoms with van der Waals surface area (Å²) in [7, 11) is 1.52. The molecular formula is C14H17BrClNO5. The zero-order chi connectivity index (χ0) is 16.5. The molecule has 0 saturated heterocycles. The van der Waals surface area contributed by atoms with E-state index >= 15 is 0 Å². The molecule has 1 aromatic carbocycles. The predicted molar refractivity (Wildman–Crippen MR) is 85.1 cm³/mol. The number of nitrogens with one attached hydrogen (secondary N) is 1. The lowest BCUT2D eigenvalue weighted by Crippen LogP contribution is -2.44. The second-order valence-electron chi connectivity index (χ2n) is 4.44. The molecule has 0 saturated carbocycles. The molecule has 0 unspecified atom stereocenters. The first-order chi connectivity index (χ1) is 10.4.